The fourth-order valence-corrected chi connectivity index (χ4v) is 5.52. The first-order valence-corrected chi connectivity index (χ1v) is 12.4. The molecule has 1 aliphatic carbocycles. The van der Waals surface area contributed by atoms with Gasteiger partial charge in [0.2, 0.25) is 11.8 Å². The van der Waals surface area contributed by atoms with Crippen molar-refractivity contribution in [1.82, 2.24) is 14.4 Å². The van der Waals surface area contributed by atoms with E-state index in [-0.39, 0.29) is 40.7 Å². The average Bonchev–Trinajstić information content (AvgIpc) is 3.11. The zero-order valence-electron chi connectivity index (χ0n) is 20.3. The second kappa shape index (κ2) is 10.2. The van der Waals surface area contributed by atoms with Gasteiger partial charge >= 0.3 is 5.97 Å². The first-order chi connectivity index (χ1) is 16.3. The third kappa shape index (κ3) is 4.83. The van der Waals surface area contributed by atoms with E-state index >= 15 is 0 Å². The summed E-state index contributed by atoms with van der Waals surface area (Å²) in [5, 5.41) is 0. The van der Waals surface area contributed by atoms with Gasteiger partial charge in [-0.1, -0.05) is 26.2 Å². The molecule has 2 aliphatic heterocycles. The number of pyridine rings is 1. The summed E-state index contributed by atoms with van der Waals surface area (Å²) in [6.45, 7) is 4.52. The van der Waals surface area contributed by atoms with Crippen molar-refractivity contribution in [3.63, 3.8) is 0 Å². The van der Waals surface area contributed by atoms with E-state index in [0.29, 0.717) is 51.3 Å². The van der Waals surface area contributed by atoms with Crippen LogP contribution in [-0.4, -0.2) is 72.0 Å². The molecule has 0 aromatic carbocycles. The molecule has 0 N–H and O–H groups in total. The normalized spacial score (nSPS) is 20.0. The number of amides is 2. The van der Waals surface area contributed by atoms with Crippen molar-refractivity contribution in [3.8, 4) is 5.75 Å². The number of likely N-dealkylation sites (tertiary alicyclic amines) is 1. The SMILES string of the molecule is COC(=O)c1c(OCCN2CCCC2=O)cc(=O)n2c1CCN(C(=O)C1(C)CCCCC1)CC2. The summed E-state index contributed by atoms with van der Waals surface area (Å²) < 4.78 is 12.5. The maximum Gasteiger partial charge on any atom is 0.343 e. The summed E-state index contributed by atoms with van der Waals surface area (Å²) in [6, 6.07) is 1.32. The summed E-state index contributed by atoms with van der Waals surface area (Å²) in [4.78, 5) is 54.5. The highest BCUT2D eigenvalue weighted by Crippen LogP contribution is 2.38. The Labute approximate surface area is 200 Å². The molecule has 0 radical (unpaired) electrons. The van der Waals surface area contributed by atoms with Crippen molar-refractivity contribution in [2.75, 3.05) is 39.9 Å². The van der Waals surface area contributed by atoms with Gasteiger partial charge in [-0.3, -0.25) is 14.4 Å². The van der Waals surface area contributed by atoms with Gasteiger partial charge < -0.3 is 23.8 Å². The molecule has 3 aliphatic rings. The van der Waals surface area contributed by atoms with Gasteiger partial charge in [-0.15, -0.1) is 0 Å². The molecular formula is C25H35N3O6. The van der Waals surface area contributed by atoms with Crippen LogP contribution < -0.4 is 10.3 Å². The number of aromatic nitrogens is 1. The molecule has 2 amide bonds. The van der Waals surface area contributed by atoms with Gasteiger partial charge in [-0.25, -0.2) is 4.79 Å². The van der Waals surface area contributed by atoms with Gasteiger partial charge in [-0.2, -0.15) is 0 Å². The number of fused-ring (bicyclic) bond motifs is 1. The molecule has 1 aromatic rings. The van der Waals surface area contributed by atoms with Crippen LogP contribution in [0, 0.1) is 5.41 Å². The summed E-state index contributed by atoms with van der Waals surface area (Å²) in [7, 11) is 1.30. The highest BCUT2D eigenvalue weighted by Gasteiger charge is 2.38. The molecule has 9 heteroatoms. The standard InChI is InChI=1S/C25H35N3O6/c1-25(9-4-3-5-10-25)24(32)27-12-8-18-22(23(31)33-2)19(17-21(30)28(18)14-13-27)34-16-15-26-11-6-7-20(26)29/h17H,3-16H2,1-2H3. The Balaban J connectivity index is 1.55. The predicted octanol–water partition coefficient (Wildman–Crippen LogP) is 1.99. The molecule has 0 unspecified atom stereocenters. The first kappa shape index (κ1) is 24.3. The molecule has 0 atom stereocenters. The topological polar surface area (TPSA) is 98.2 Å². The minimum absolute atomic E-state index is 0.0928. The lowest BCUT2D eigenvalue weighted by atomic mass is 9.74. The van der Waals surface area contributed by atoms with E-state index in [1.165, 1.54) is 19.6 Å². The number of esters is 1. The van der Waals surface area contributed by atoms with Crippen LogP contribution in [0.15, 0.2) is 10.9 Å². The van der Waals surface area contributed by atoms with Crippen LogP contribution in [0.5, 0.6) is 5.75 Å². The van der Waals surface area contributed by atoms with Crippen molar-refractivity contribution < 1.29 is 23.9 Å². The number of hydrogen-bond donors (Lipinski definition) is 0. The third-order valence-corrected chi connectivity index (χ3v) is 7.53. The molecule has 1 aromatic heterocycles. The van der Waals surface area contributed by atoms with Crippen molar-refractivity contribution in [3.05, 3.63) is 27.7 Å². The number of carbonyl (C=O) groups is 3. The second-order valence-electron chi connectivity index (χ2n) is 9.81. The maximum atomic E-state index is 13.4. The van der Waals surface area contributed by atoms with Crippen molar-refractivity contribution >= 4 is 17.8 Å². The van der Waals surface area contributed by atoms with Gasteiger partial charge in [0.1, 0.15) is 17.9 Å². The lowest BCUT2D eigenvalue weighted by Crippen LogP contribution is -2.44. The van der Waals surface area contributed by atoms with Crippen LogP contribution in [0.3, 0.4) is 0 Å². The second-order valence-corrected chi connectivity index (χ2v) is 9.81. The Kier molecular flexibility index (Phi) is 7.28. The van der Waals surface area contributed by atoms with Gasteiger partial charge in [-0.05, 0) is 19.3 Å². The summed E-state index contributed by atoms with van der Waals surface area (Å²) in [5.74, 6) is -0.168. The number of hydrogen-bond acceptors (Lipinski definition) is 6. The number of rotatable bonds is 6. The zero-order chi connectivity index (χ0) is 24.3. The molecule has 1 saturated heterocycles. The van der Waals surface area contributed by atoms with E-state index in [1.807, 2.05) is 4.90 Å². The quantitative estimate of drug-likeness (QED) is 0.586. The molecule has 9 nitrogen and oxygen atoms in total. The Morgan fingerprint density at radius 1 is 1.00 bits per heavy atom. The summed E-state index contributed by atoms with van der Waals surface area (Å²) in [5.41, 5.74) is 0.142. The molecule has 0 spiro atoms. The van der Waals surface area contributed by atoms with Gasteiger partial charge in [0.05, 0.1) is 13.7 Å². The highest BCUT2D eigenvalue weighted by atomic mass is 16.5. The molecule has 2 fully saturated rings. The molecule has 3 heterocycles. The summed E-state index contributed by atoms with van der Waals surface area (Å²) >= 11 is 0. The Morgan fingerprint density at radius 3 is 2.44 bits per heavy atom. The molecule has 1 saturated carbocycles. The maximum absolute atomic E-state index is 13.4. The monoisotopic (exact) mass is 473 g/mol. The number of ether oxygens (including phenoxy) is 2. The fraction of sp³-hybridized carbons (Fsp3) is 0.680. The van der Waals surface area contributed by atoms with Crippen molar-refractivity contribution in [1.29, 1.82) is 0 Å². The smallest absolute Gasteiger partial charge is 0.343 e. The molecular weight excluding hydrogens is 438 g/mol. The van der Waals surface area contributed by atoms with Crippen LogP contribution >= 0.6 is 0 Å². The van der Waals surface area contributed by atoms with E-state index in [9.17, 15) is 19.2 Å². The van der Waals surface area contributed by atoms with Gasteiger partial charge in [0.25, 0.3) is 5.56 Å². The van der Waals surface area contributed by atoms with Gasteiger partial charge in [0, 0.05) is 56.2 Å². The van der Waals surface area contributed by atoms with Crippen LogP contribution in [-0.2, 0) is 27.3 Å². The van der Waals surface area contributed by atoms with Gasteiger partial charge in [0.15, 0.2) is 0 Å². The molecule has 186 valence electrons. The first-order valence-electron chi connectivity index (χ1n) is 12.4. The largest absolute Gasteiger partial charge is 0.491 e. The van der Waals surface area contributed by atoms with Crippen LogP contribution in [0.1, 0.15) is 67.9 Å². The Morgan fingerprint density at radius 2 is 1.76 bits per heavy atom. The van der Waals surface area contributed by atoms with Crippen molar-refractivity contribution in [2.24, 2.45) is 5.41 Å². The predicted molar refractivity (Wildman–Crippen MR) is 125 cm³/mol. The minimum atomic E-state index is -0.574. The Hall–Kier alpha value is -2.84. The van der Waals surface area contributed by atoms with Crippen LogP contribution in [0.4, 0.5) is 0 Å². The fourth-order valence-electron chi connectivity index (χ4n) is 5.52. The molecule has 4 rings (SSSR count). The van der Waals surface area contributed by atoms with Crippen LogP contribution in [0.25, 0.3) is 0 Å². The number of carbonyl (C=O) groups excluding carboxylic acids is 3. The minimum Gasteiger partial charge on any atom is -0.491 e. The number of nitrogens with zero attached hydrogens (tertiary/aromatic N) is 3. The van der Waals surface area contributed by atoms with Crippen LogP contribution in [0.2, 0.25) is 0 Å². The Bertz CT molecular complexity index is 1010. The highest BCUT2D eigenvalue weighted by molar-refractivity contribution is 5.93. The van der Waals surface area contributed by atoms with E-state index in [4.69, 9.17) is 9.47 Å². The lowest BCUT2D eigenvalue weighted by Gasteiger charge is -2.36. The molecule has 0 bridgehead atoms. The van der Waals surface area contributed by atoms with Crippen molar-refractivity contribution in [2.45, 2.75) is 64.8 Å². The molecule has 34 heavy (non-hydrogen) atoms. The summed E-state index contributed by atoms with van der Waals surface area (Å²) in [6.07, 6.45) is 6.81. The third-order valence-electron chi connectivity index (χ3n) is 7.53. The number of methoxy groups -OCH3 is 1. The van der Waals surface area contributed by atoms with E-state index < -0.39 is 5.97 Å². The average molecular weight is 474 g/mol. The van der Waals surface area contributed by atoms with E-state index in [2.05, 4.69) is 6.92 Å². The lowest BCUT2D eigenvalue weighted by molar-refractivity contribution is -0.143. The zero-order valence-corrected chi connectivity index (χ0v) is 20.3. The van der Waals surface area contributed by atoms with E-state index in [1.54, 1.807) is 9.47 Å². The van der Waals surface area contributed by atoms with E-state index in [0.717, 1.165) is 32.1 Å².